The van der Waals surface area contributed by atoms with Crippen LogP contribution in [0.5, 0.6) is 5.75 Å². The molecule has 2 heterocycles. The molecule has 0 spiro atoms. The van der Waals surface area contributed by atoms with Gasteiger partial charge in [-0.15, -0.1) is 0 Å². The van der Waals surface area contributed by atoms with E-state index < -0.39 is 6.23 Å². The maximum atomic E-state index is 6.52. The molecular weight excluding hydrogens is 462 g/mol. The summed E-state index contributed by atoms with van der Waals surface area (Å²) in [6, 6.07) is 17.2. The number of rotatable bonds is 2. The average molecular weight is 478 g/mol. The van der Waals surface area contributed by atoms with E-state index in [1.807, 2.05) is 17.1 Å². The van der Waals surface area contributed by atoms with E-state index in [0.717, 1.165) is 22.4 Å². The predicted octanol–water partition coefficient (Wildman–Crippen LogP) is 7.85. The number of ether oxygens (including phenoxy) is 1. The van der Waals surface area contributed by atoms with Gasteiger partial charge in [-0.1, -0.05) is 82.3 Å². The van der Waals surface area contributed by atoms with E-state index in [1.165, 1.54) is 5.56 Å². The van der Waals surface area contributed by atoms with E-state index in [4.69, 9.17) is 56.2 Å². The summed E-state index contributed by atoms with van der Waals surface area (Å²) in [4.78, 5) is 0. The van der Waals surface area contributed by atoms with Crippen molar-refractivity contribution in [2.75, 3.05) is 0 Å². The molecule has 3 nitrogen and oxygen atoms in total. The minimum atomic E-state index is -0.533. The lowest BCUT2D eigenvalue weighted by molar-refractivity contribution is -0.0188. The maximum absolute atomic E-state index is 6.52. The van der Waals surface area contributed by atoms with Gasteiger partial charge in [-0.05, 0) is 36.8 Å². The highest BCUT2D eigenvalue weighted by atomic mass is 35.5. The van der Waals surface area contributed by atoms with Crippen LogP contribution in [0.3, 0.4) is 0 Å². The van der Waals surface area contributed by atoms with Gasteiger partial charge in [0.15, 0.2) is 0 Å². The Morgan fingerprint density at radius 1 is 0.867 bits per heavy atom. The van der Waals surface area contributed by atoms with Crippen LogP contribution in [0.2, 0.25) is 20.1 Å². The van der Waals surface area contributed by atoms with Crippen molar-refractivity contribution in [3.63, 3.8) is 0 Å². The number of fused-ring (bicyclic) bond motifs is 3. The standard InChI is InChI=1S/C23H16Cl4N2O/c1-12-2-4-13(5-3-12)20-11-21-17-8-15(25)10-19(27)22(17)30-23(29(21)28-20)16-7-6-14(24)9-18(16)26/h2-10,21,23H,11H2,1H3/t21-,23+/m0/s1. The van der Waals surface area contributed by atoms with Crippen LogP contribution in [0.4, 0.5) is 0 Å². The molecule has 0 fully saturated rings. The van der Waals surface area contributed by atoms with Crippen LogP contribution in [-0.4, -0.2) is 10.7 Å². The van der Waals surface area contributed by atoms with Crippen molar-refractivity contribution in [3.05, 3.63) is 96.9 Å². The largest absolute Gasteiger partial charge is 0.463 e. The smallest absolute Gasteiger partial charge is 0.215 e. The molecule has 0 N–H and O–H groups in total. The molecule has 0 saturated carbocycles. The normalized spacial score (nSPS) is 19.8. The maximum Gasteiger partial charge on any atom is 0.215 e. The average Bonchev–Trinajstić information content (AvgIpc) is 3.14. The first kappa shape index (κ1) is 20.0. The molecule has 0 amide bonds. The number of nitrogens with zero attached hydrogens (tertiary/aromatic N) is 2. The Kier molecular flexibility index (Phi) is 5.11. The fourth-order valence-electron chi connectivity index (χ4n) is 3.94. The molecule has 5 rings (SSSR count). The second-order valence-corrected chi connectivity index (χ2v) is 9.14. The SMILES string of the molecule is Cc1ccc(C2=NN3[C@@H](c4ccc(Cl)cc4Cl)Oc4c(Cl)cc(Cl)cc4[C@@H]3C2)cc1. The minimum Gasteiger partial charge on any atom is -0.463 e. The first-order valence-corrected chi connectivity index (χ1v) is 11.0. The summed E-state index contributed by atoms with van der Waals surface area (Å²) in [7, 11) is 0. The summed E-state index contributed by atoms with van der Waals surface area (Å²) in [5.41, 5.74) is 4.94. The molecule has 3 aromatic rings. The molecule has 0 aliphatic carbocycles. The number of benzene rings is 3. The predicted molar refractivity (Wildman–Crippen MR) is 123 cm³/mol. The van der Waals surface area contributed by atoms with Gasteiger partial charge in [0.05, 0.1) is 21.8 Å². The number of aryl methyl sites for hydroxylation is 1. The fourth-order valence-corrected chi connectivity index (χ4v) is 5.00. The second-order valence-electron chi connectivity index (χ2n) is 7.45. The van der Waals surface area contributed by atoms with Gasteiger partial charge in [-0.2, -0.15) is 5.10 Å². The third-order valence-electron chi connectivity index (χ3n) is 5.42. The molecule has 0 unspecified atom stereocenters. The van der Waals surface area contributed by atoms with E-state index in [0.29, 0.717) is 32.3 Å². The molecule has 0 radical (unpaired) electrons. The molecule has 0 aromatic heterocycles. The van der Waals surface area contributed by atoms with Crippen LogP contribution in [-0.2, 0) is 0 Å². The highest BCUT2D eigenvalue weighted by Crippen LogP contribution is 2.51. The number of halogens is 4. The van der Waals surface area contributed by atoms with Gasteiger partial charge in [0, 0.05) is 27.6 Å². The topological polar surface area (TPSA) is 24.8 Å². The third-order valence-corrected chi connectivity index (χ3v) is 6.48. The van der Waals surface area contributed by atoms with Crippen LogP contribution in [0.25, 0.3) is 0 Å². The summed E-state index contributed by atoms with van der Waals surface area (Å²) in [6.45, 7) is 2.07. The molecule has 3 aromatic carbocycles. The van der Waals surface area contributed by atoms with Crippen molar-refractivity contribution in [3.8, 4) is 5.75 Å². The Balaban J connectivity index is 1.64. The van der Waals surface area contributed by atoms with Crippen molar-refractivity contribution in [2.45, 2.75) is 25.6 Å². The summed E-state index contributed by atoms with van der Waals surface area (Å²) in [5.74, 6) is 0.610. The second kappa shape index (κ2) is 7.65. The summed E-state index contributed by atoms with van der Waals surface area (Å²) >= 11 is 25.4. The lowest BCUT2D eigenvalue weighted by Crippen LogP contribution is -2.34. The summed E-state index contributed by atoms with van der Waals surface area (Å²) in [5, 5.41) is 8.99. The zero-order chi connectivity index (χ0) is 21.0. The Morgan fingerprint density at radius 2 is 1.60 bits per heavy atom. The van der Waals surface area contributed by atoms with Crippen molar-refractivity contribution in [1.29, 1.82) is 0 Å². The Morgan fingerprint density at radius 3 is 2.33 bits per heavy atom. The molecule has 2 aliphatic rings. The van der Waals surface area contributed by atoms with Gasteiger partial charge in [-0.3, -0.25) is 0 Å². The third kappa shape index (κ3) is 3.44. The number of hydrogen-bond donors (Lipinski definition) is 0. The molecule has 152 valence electrons. The van der Waals surface area contributed by atoms with E-state index in [-0.39, 0.29) is 6.04 Å². The quantitative estimate of drug-likeness (QED) is 0.375. The van der Waals surface area contributed by atoms with Gasteiger partial charge in [0.2, 0.25) is 6.23 Å². The lowest BCUT2D eigenvalue weighted by Gasteiger charge is -2.39. The van der Waals surface area contributed by atoms with Gasteiger partial charge in [0.25, 0.3) is 0 Å². The van der Waals surface area contributed by atoms with Crippen molar-refractivity contribution < 1.29 is 4.74 Å². The van der Waals surface area contributed by atoms with Gasteiger partial charge < -0.3 is 4.74 Å². The van der Waals surface area contributed by atoms with E-state index in [1.54, 1.807) is 18.2 Å². The van der Waals surface area contributed by atoms with Crippen molar-refractivity contribution in [1.82, 2.24) is 5.01 Å². The number of hydrogen-bond acceptors (Lipinski definition) is 3. The molecule has 0 saturated heterocycles. The molecular formula is C23H16Cl4N2O. The Hall–Kier alpha value is -1.91. The van der Waals surface area contributed by atoms with Gasteiger partial charge in [-0.25, -0.2) is 5.01 Å². The number of hydrazone groups is 1. The Labute approximate surface area is 194 Å². The Bertz CT molecular complexity index is 1180. The lowest BCUT2D eigenvalue weighted by atomic mass is 9.95. The van der Waals surface area contributed by atoms with E-state index >= 15 is 0 Å². The summed E-state index contributed by atoms with van der Waals surface area (Å²) < 4.78 is 6.34. The van der Waals surface area contributed by atoms with Crippen LogP contribution in [0.15, 0.2) is 59.7 Å². The zero-order valence-corrected chi connectivity index (χ0v) is 18.9. The summed E-state index contributed by atoms with van der Waals surface area (Å²) in [6.07, 6.45) is 0.173. The highest BCUT2D eigenvalue weighted by molar-refractivity contribution is 6.36. The van der Waals surface area contributed by atoms with Crippen molar-refractivity contribution >= 4 is 52.1 Å². The van der Waals surface area contributed by atoms with Crippen LogP contribution < -0.4 is 4.74 Å². The molecule has 7 heteroatoms. The molecule has 2 aliphatic heterocycles. The first-order chi connectivity index (χ1) is 14.4. The monoisotopic (exact) mass is 476 g/mol. The van der Waals surface area contributed by atoms with Gasteiger partial charge >= 0.3 is 0 Å². The van der Waals surface area contributed by atoms with Crippen molar-refractivity contribution in [2.24, 2.45) is 5.10 Å². The highest BCUT2D eigenvalue weighted by Gasteiger charge is 2.42. The van der Waals surface area contributed by atoms with Crippen LogP contribution >= 0.6 is 46.4 Å². The molecule has 30 heavy (non-hydrogen) atoms. The van der Waals surface area contributed by atoms with Gasteiger partial charge in [0.1, 0.15) is 5.75 Å². The van der Waals surface area contributed by atoms with Crippen LogP contribution in [0, 0.1) is 6.92 Å². The zero-order valence-electron chi connectivity index (χ0n) is 15.9. The fraction of sp³-hybridized carbons (Fsp3) is 0.174. The molecule has 0 bridgehead atoms. The van der Waals surface area contributed by atoms with Crippen LogP contribution in [0.1, 0.15) is 40.9 Å². The van der Waals surface area contributed by atoms with E-state index in [9.17, 15) is 0 Å². The minimum absolute atomic E-state index is 0.0713. The first-order valence-electron chi connectivity index (χ1n) is 9.44. The van der Waals surface area contributed by atoms with E-state index in [2.05, 4.69) is 31.2 Å². The molecule has 2 atom stereocenters.